The summed E-state index contributed by atoms with van der Waals surface area (Å²) in [5.41, 5.74) is 1.57. The fourth-order valence-electron chi connectivity index (χ4n) is 4.55. The molecule has 7 nitrogen and oxygen atoms in total. The number of hydrogen-bond acceptors (Lipinski definition) is 5. The van der Waals surface area contributed by atoms with Crippen LogP contribution in [0.2, 0.25) is 0 Å². The molecule has 158 valence electrons. The van der Waals surface area contributed by atoms with Crippen molar-refractivity contribution in [3.63, 3.8) is 0 Å². The molecule has 0 atom stereocenters. The van der Waals surface area contributed by atoms with Crippen molar-refractivity contribution in [1.29, 1.82) is 0 Å². The number of anilines is 1. The van der Waals surface area contributed by atoms with Gasteiger partial charge in [-0.25, -0.2) is 0 Å². The third kappa shape index (κ3) is 4.56. The molecule has 1 N–H and O–H groups in total. The van der Waals surface area contributed by atoms with Crippen LogP contribution in [-0.4, -0.2) is 103 Å². The molecule has 2 heterocycles. The molecule has 3 aliphatic rings. The number of para-hydroxylation sites is 1. The van der Waals surface area contributed by atoms with E-state index >= 15 is 0 Å². The quantitative estimate of drug-likeness (QED) is 0.806. The highest BCUT2D eigenvalue weighted by molar-refractivity contribution is 5.99. The molecule has 0 radical (unpaired) electrons. The van der Waals surface area contributed by atoms with Crippen LogP contribution in [0.4, 0.5) is 5.69 Å². The van der Waals surface area contributed by atoms with Gasteiger partial charge in [-0.05, 0) is 25.0 Å². The van der Waals surface area contributed by atoms with Crippen molar-refractivity contribution in [2.75, 3.05) is 71.3 Å². The summed E-state index contributed by atoms with van der Waals surface area (Å²) in [6.45, 7) is 7.05. The van der Waals surface area contributed by atoms with Gasteiger partial charge in [0.25, 0.3) is 5.91 Å². The van der Waals surface area contributed by atoms with Crippen LogP contribution < -0.4 is 5.32 Å². The zero-order valence-electron chi connectivity index (χ0n) is 17.5. The molecule has 1 aromatic carbocycles. The molecule has 1 saturated carbocycles. The minimum Gasteiger partial charge on any atom is -0.387 e. The maximum atomic E-state index is 12.9. The van der Waals surface area contributed by atoms with Crippen molar-refractivity contribution >= 4 is 17.5 Å². The van der Waals surface area contributed by atoms with Gasteiger partial charge in [0.1, 0.15) is 0 Å². The summed E-state index contributed by atoms with van der Waals surface area (Å²) >= 11 is 0. The minimum absolute atomic E-state index is 0.0630. The van der Waals surface area contributed by atoms with E-state index in [1.54, 1.807) is 0 Å². The highest BCUT2D eigenvalue weighted by atomic mass is 16.2. The Hall–Kier alpha value is -2.12. The minimum atomic E-state index is 0.0630. The van der Waals surface area contributed by atoms with Gasteiger partial charge >= 0.3 is 0 Å². The van der Waals surface area contributed by atoms with Crippen molar-refractivity contribution in [1.82, 2.24) is 19.6 Å². The van der Waals surface area contributed by atoms with Gasteiger partial charge in [0.2, 0.25) is 5.91 Å². The van der Waals surface area contributed by atoms with Gasteiger partial charge < -0.3 is 15.1 Å². The molecule has 3 fully saturated rings. The molecular formula is C22H33N5O2. The number of benzene rings is 1. The van der Waals surface area contributed by atoms with Crippen molar-refractivity contribution < 1.29 is 9.59 Å². The molecule has 0 bridgehead atoms. The van der Waals surface area contributed by atoms with E-state index in [4.69, 9.17) is 0 Å². The second-order valence-corrected chi connectivity index (χ2v) is 8.37. The largest absolute Gasteiger partial charge is 0.387 e. The molecular weight excluding hydrogens is 366 g/mol. The summed E-state index contributed by atoms with van der Waals surface area (Å²) < 4.78 is 0. The average molecular weight is 400 g/mol. The van der Waals surface area contributed by atoms with Crippen LogP contribution >= 0.6 is 0 Å². The molecule has 2 saturated heterocycles. The van der Waals surface area contributed by atoms with Crippen LogP contribution in [0.15, 0.2) is 24.3 Å². The van der Waals surface area contributed by atoms with E-state index in [0.717, 1.165) is 51.0 Å². The lowest BCUT2D eigenvalue weighted by Crippen LogP contribution is -2.56. The Kier molecular flexibility index (Phi) is 6.35. The maximum Gasteiger partial charge on any atom is 0.256 e. The number of nitrogens with zero attached hydrogens (tertiary/aromatic N) is 4. The maximum absolute atomic E-state index is 12.9. The molecule has 29 heavy (non-hydrogen) atoms. The molecule has 7 heteroatoms. The van der Waals surface area contributed by atoms with Gasteiger partial charge in [-0.1, -0.05) is 18.6 Å². The molecule has 2 amide bonds. The molecule has 0 unspecified atom stereocenters. The first kappa shape index (κ1) is 20.2. The molecule has 1 aromatic rings. The number of carbonyl (C=O) groups excluding carboxylic acids is 2. The summed E-state index contributed by atoms with van der Waals surface area (Å²) in [7, 11) is 1.84. The molecule has 1 aliphatic carbocycles. The Morgan fingerprint density at radius 1 is 0.931 bits per heavy atom. The summed E-state index contributed by atoms with van der Waals surface area (Å²) in [4.78, 5) is 34.2. The van der Waals surface area contributed by atoms with Crippen LogP contribution in [0.1, 0.15) is 29.6 Å². The van der Waals surface area contributed by atoms with E-state index in [0.29, 0.717) is 25.2 Å². The zero-order valence-corrected chi connectivity index (χ0v) is 17.5. The molecule has 2 aliphatic heterocycles. The zero-order chi connectivity index (χ0) is 20.2. The lowest BCUT2D eigenvalue weighted by atomic mass is 9.91. The van der Waals surface area contributed by atoms with Gasteiger partial charge in [-0.15, -0.1) is 0 Å². The third-order valence-electron chi connectivity index (χ3n) is 6.70. The van der Waals surface area contributed by atoms with Crippen molar-refractivity contribution in [3.05, 3.63) is 29.8 Å². The summed E-state index contributed by atoms with van der Waals surface area (Å²) in [6, 6.07) is 8.39. The van der Waals surface area contributed by atoms with E-state index < -0.39 is 0 Å². The van der Waals surface area contributed by atoms with Crippen molar-refractivity contribution in [2.24, 2.45) is 0 Å². The first-order valence-corrected chi connectivity index (χ1v) is 11.0. The van der Waals surface area contributed by atoms with Gasteiger partial charge in [0, 0.05) is 71.1 Å². The van der Waals surface area contributed by atoms with Crippen LogP contribution in [0.3, 0.4) is 0 Å². The van der Waals surface area contributed by atoms with Gasteiger partial charge in [0.15, 0.2) is 0 Å². The third-order valence-corrected chi connectivity index (χ3v) is 6.70. The van der Waals surface area contributed by atoms with Crippen molar-refractivity contribution in [2.45, 2.75) is 25.3 Å². The highest BCUT2D eigenvalue weighted by Gasteiger charge is 2.30. The molecule has 0 aromatic heterocycles. The molecule has 0 spiro atoms. The van der Waals surface area contributed by atoms with E-state index in [9.17, 15) is 9.59 Å². The highest BCUT2D eigenvalue weighted by Crippen LogP contribution is 2.25. The Morgan fingerprint density at radius 3 is 2.21 bits per heavy atom. The van der Waals surface area contributed by atoms with E-state index in [2.05, 4.69) is 15.1 Å². The summed E-state index contributed by atoms with van der Waals surface area (Å²) in [5, 5.41) is 3.09. The molecule has 4 rings (SSSR count). The lowest BCUT2D eigenvalue weighted by molar-refractivity contribution is -0.135. The number of carbonyl (C=O) groups is 2. The van der Waals surface area contributed by atoms with Crippen molar-refractivity contribution in [3.8, 4) is 0 Å². The fraction of sp³-hybridized carbons (Fsp3) is 0.636. The first-order chi connectivity index (χ1) is 14.2. The normalized spacial score (nSPS) is 21.7. The summed E-state index contributed by atoms with van der Waals surface area (Å²) in [6.07, 6.45) is 4.02. The standard InChI is InChI=1S/C22H33N5O2/c1-23-20-8-3-2-7-19(20)22(29)27-11-9-24(10-12-27)17-21(28)26-15-13-25(14-16-26)18-5-4-6-18/h2-3,7-8,18,23H,4-6,9-17H2,1H3. The Labute approximate surface area is 173 Å². The predicted octanol–water partition coefficient (Wildman–Crippen LogP) is 1.18. The number of rotatable bonds is 5. The van der Waals surface area contributed by atoms with E-state index in [1.165, 1.54) is 19.3 Å². The van der Waals surface area contributed by atoms with E-state index in [1.807, 2.05) is 41.1 Å². The first-order valence-electron chi connectivity index (χ1n) is 11.0. The topological polar surface area (TPSA) is 59.1 Å². The predicted molar refractivity (Wildman–Crippen MR) is 114 cm³/mol. The lowest BCUT2D eigenvalue weighted by Gasteiger charge is -2.43. The summed E-state index contributed by atoms with van der Waals surface area (Å²) in [5.74, 6) is 0.298. The Morgan fingerprint density at radius 2 is 1.59 bits per heavy atom. The second kappa shape index (κ2) is 9.13. The number of hydrogen-bond donors (Lipinski definition) is 1. The number of piperazine rings is 2. The van der Waals surface area contributed by atoms with Crippen LogP contribution in [0, 0.1) is 0 Å². The van der Waals surface area contributed by atoms with Gasteiger partial charge in [-0.3, -0.25) is 19.4 Å². The monoisotopic (exact) mass is 399 g/mol. The van der Waals surface area contributed by atoms with E-state index in [-0.39, 0.29) is 11.8 Å². The fourth-order valence-corrected chi connectivity index (χ4v) is 4.55. The van der Waals surface area contributed by atoms with Crippen LogP contribution in [0.25, 0.3) is 0 Å². The Balaban J connectivity index is 1.22. The van der Waals surface area contributed by atoms with Crippen LogP contribution in [-0.2, 0) is 4.79 Å². The number of amides is 2. The average Bonchev–Trinajstić information content (AvgIpc) is 2.73. The SMILES string of the molecule is CNc1ccccc1C(=O)N1CCN(CC(=O)N2CCN(C3CCC3)CC2)CC1. The van der Waals surface area contributed by atoms with Gasteiger partial charge in [0.05, 0.1) is 12.1 Å². The smallest absolute Gasteiger partial charge is 0.256 e. The van der Waals surface area contributed by atoms with Crippen LogP contribution in [0.5, 0.6) is 0 Å². The second-order valence-electron chi connectivity index (χ2n) is 8.37. The number of nitrogens with one attached hydrogen (secondary N) is 1. The Bertz CT molecular complexity index is 720. The van der Waals surface area contributed by atoms with Gasteiger partial charge in [-0.2, -0.15) is 0 Å².